The van der Waals surface area contributed by atoms with Crippen molar-refractivity contribution in [1.29, 1.82) is 0 Å². The van der Waals surface area contributed by atoms with E-state index < -0.39 is 16.8 Å². The molecule has 3 aromatic rings. The Bertz CT molecular complexity index is 1150. The maximum Gasteiger partial charge on any atom is 0.355 e. The second-order valence-corrected chi connectivity index (χ2v) is 7.25. The molecule has 0 radical (unpaired) electrons. The highest BCUT2D eigenvalue weighted by molar-refractivity contribution is 6.03. The number of nitro groups is 1. The van der Waals surface area contributed by atoms with Crippen LogP contribution in [0.1, 0.15) is 41.4 Å². The molecule has 0 atom stereocenters. The lowest BCUT2D eigenvalue weighted by molar-refractivity contribution is -0.384. The van der Waals surface area contributed by atoms with E-state index in [1.165, 1.54) is 30.5 Å². The van der Waals surface area contributed by atoms with Crippen LogP contribution < -0.4 is 10.1 Å². The highest BCUT2D eigenvalue weighted by Gasteiger charge is 2.17. The smallest absolute Gasteiger partial charge is 0.355 e. The largest absolute Gasteiger partial charge is 0.494 e. The third-order valence-electron chi connectivity index (χ3n) is 4.67. The van der Waals surface area contributed by atoms with E-state index in [9.17, 15) is 19.7 Å². The fraction of sp³-hybridized carbons (Fsp3) is 0.200. The number of hydrogen-bond donors (Lipinski definition) is 1. The first-order valence-electron chi connectivity index (χ1n) is 10.7. The Morgan fingerprint density at radius 3 is 2.59 bits per heavy atom. The SMILES string of the molecule is CCCCOc1ccc(C(=O)NC(=Cc2cccc([N+](=O)[O-])c2)C(=O)OCc2ccco2)cc1. The molecule has 0 saturated carbocycles. The molecule has 0 aliphatic carbocycles. The van der Waals surface area contributed by atoms with Gasteiger partial charge in [0.2, 0.25) is 0 Å². The van der Waals surface area contributed by atoms with E-state index in [1.54, 1.807) is 42.5 Å². The number of unbranched alkanes of at least 4 members (excludes halogenated alkanes) is 1. The lowest BCUT2D eigenvalue weighted by Gasteiger charge is -2.11. The number of nitro benzene ring substituents is 1. The maximum absolute atomic E-state index is 12.8. The molecule has 176 valence electrons. The fourth-order valence-corrected chi connectivity index (χ4v) is 2.88. The molecular formula is C25H24N2O7. The molecule has 1 N–H and O–H groups in total. The van der Waals surface area contributed by atoms with E-state index in [-0.39, 0.29) is 18.0 Å². The number of hydrogen-bond acceptors (Lipinski definition) is 7. The van der Waals surface area contributed by atoms with Crippen molar-refractivity contribution in [1.82, 2.24) is 5.32 Å². The van der Waals surface area contributed by atoms with E-state index in [1.807, 2.05) is 0 Å². The molecule has 0 fully saturated rings. The van der Waals surface area contributed by atoms with Gasteiger partial charge in [0, 0.05) is 17.7 Å². The van der Waals surface area contributed by atoms with Crippen LogP contribution in [0.4, 0.5) is 5.69 Å². The van der Waals surface area contributed by atoms with Crippen molar-refractivity contribution >= 4 is 23.6 Å². The highest BCUT2D eigenvalue weighted by atomic mass is 16.6. The van der Waals surface area contributed by atoms with Crippen molar-refractivity contribution in [2.45, 2.75) is 26.4 Å². The van der Waals surface area contributed by atoms with Crippen LogP contribution in [-0.4, -0.2) is 23.4 Å². The van der Waals surface area contributed by atoms with Crippen molar-refractivity contribution in [2.75, 3.05) is 6.61 Å². The van der Waals surface area contributed by atoms with Crippen LogP contribution in [0.15, 0.2) is 77.0 Å². The van der Waals surface area contributed by atoms with Gasteiger partial charge in [0.05, 0.1) is 17.8 Å². The molecule has 0 aliphatic rings. The van der Waals surface area contributed by atoms with Crippen LogP contribution in [0.3, 0.4) is 0 Å². The lowest BCUT2D eigenvalue weighted by atomic mass is 10.1. The lowest BCUT2D eigenvalue weighted by Crippen LogP contribution is -2.28. The quantitative estimate of drug-likeness (QED) is 0.141. The fourth-order valence-electron chi connectivity index (χ4n) is 2.88. The minimum absolute atomic E-state index is 0.141. The summed E-state index contributed by atoms with van der Waals surface area (Å²) in [6, 6.07) is 15.5. The van der Waals surface area contributed by atoms with Crippen LogP contribution in [0.25, 0.3) is 6.08 Å². The minimum atomic E-state index is -0.823. The monoisotopic (exact) mass is 464 g/mol. The molecule has 1 heterocycles. The molecule has 9 heteroatoms. The summed E-state index contributed by atoms with van der Waals surface area (Å²) < 4.78 is 16.0. The number of carbonyl (C=O) groups is 2. The second-order valence-electron chi connectivity index (χ2n) is 7.25. The van der Waals surface area contributed by atoms with Gasteiger partial charge in [-0.2, -0.15) is 0 Å². The number of esters is 1. The van der Waals surface area contributed by atoms with Gasteiger partial charge in [-0.05, 0) is 54.5 Å². The van der Waals surface area contributed by atoms with Gasteiger partial charge in [0.15, 0.2) is 0 Å². The molecule has 1 aromatic heterocycles. The number of nitrogens with one attached hydrogen (secondary N) is 1. The van der Waals surface area contributed by atoms with Gasteiger partial charge in [0.25, 0.3) is 11.6 Å². The summed E-state index contributed by atoms with van der Waals surface area (Å²) >= 11 is 0. The number of non-ortho nitro benzene ring substituents is 1. The summed E-state index contributed by atoms with van der Waals surface area (Å²) in [6.45, 7) is 2.51. The first kappa shape index (κ1) is 24.2. The summed E-state index contributed by atoms with van der Waals surface area (Å²) in [7, 11) is 0. The Hall–Kier alpha value is -4.40. The Morgan fingerprint density at radius 2 is 1.91 bits per heavy atom. The number of rotatable bonds is 11. The summed E-state index contributed by atoms with van der Waals surface area (Å²) in [4.78, 5) is 36.1. The molecule has 2 aromatic carbocycles. The minimum Gasteiger partial charge on any atom is -0.494 e. The third-order valence-corrected chi connectivity index (χ3v) is 4.67. The topological polar surface area (TPSA) is 121 Å². The molecular weight excluding hydrogens is 440 g/mol. The molecule has 1 amide bonds. The van der Waals surface area contributed by atoms with Gasteiger partial charge < -0.3 is 19.2 Å². The zero-order valence-corrected chi connectivity index (χ0v) is 18.6. The molecule has 0 saturated heterocycles. The zero-order chi connectivity index (χ0) is 24.3. The van der Waals surface area contributed by atoms with E-state index in [4.69, 9.17) is 13.9 Å². The Balaban J connectivity index is 1.78. The summed E-state index contributed by atoms with van der Waals surface area (Å²) in [5, 5.41) is 13.6. The maximum atomic E-state index is 12.8. The summed E-state index contributed by atoms with van der Waals surface area (Å²) in [6.07, 6.45) is 4.70. The molecule has 34 heavy (non-hydrogen) atoms. The predicted octanol–water partition coefficient (Wildman–Crippen LogP) is 4.88. The molecule has 0 bridgehead atoms. The second kappa shape index (κ2) is 12.0. The normalized spacial score (nSPS) is 11.0. The van der Waals surface area contributed by atoms with Gasteiger partial charge in [-0.1, -0.05) is 25.5 Å². The van der Waals surface area contributed by atoms with Crippen LogP contribution in [-0.2, 0) is 16.1 Å². The van der Waals surface area contributed by atoms with Crippen LogP contribution in [0, 0.1) is 10.1 Å². The number of amides is 1. The van der Waals surface area contributed by atoms with Crippen molar-refractivity contribution < 1.29 is 28.4 Å². The number of nitrogens with zero attached hydrogens (tertiary/aromatic N) is 1. The summed E-state index contributed by atoms with van der Waals surface area (Å²) in [5.74, 6) is -0.314. The van der Waals surface area contributed by atoms with Gasteiger partial charge in [-0.15, -0.1) is 0 Å². The molecule has 0 spiro atoms. The van der Waals surface area contributed by atoms with Crippen molar-refractivity contribution in [3.05, 3.63) is 99.6 Å². The molecule has 0 aliphatic heterocycles. The van der Waals surface area contributed by atoms with Gasteiger partial charge in [-0.3, -0.25) is 14.9 Å². The zero-order valence-electron chi connectivity index (χ0n) is 18.6. The Morgan fingerprint density at radius 1 is 1.12 bits per heavy atom. The predicted molar refractivity (Wildman–Crippen MR) is 124 cm³/mol. The van der Waals surface area contributed by atoms with Crippen LogP contribution in [0.5, 0.6) is 5.75 Å². The van der Waals surface area contributed by atoms with E-state index >= 15 is 0 Å². The highest BCUT2D eigenvalue weighted by Crippen LogP contribution is 2.17. The number of carbonyl (C=O) groups excluding carboxylic acids is 2. The number of ether oxygens (including phenoxy) is 2. The molecule has 9 nitrogen and oxygen atoms in total. The molecule has 3 rings (SSSR count). The number of benzene rings is 2. The number of furan rings is 1. The Kier molecular flexibility index (Phi) is 8.56. The van der Waals surface area contributed by atoms with Crippen LogP contribution >= 0.6 is 0 Å². The average Bonchev–Trinajstić information content (AvgIpc) is 3.36. The molecule has 0 unspecified atom stereocenters. The third kappa shape index (κ3) is 7.06. The van der Waals surface area contributed by atoms with Crippen molar-refractivity contribution in [3.8, 4) is 5.75 Å². The average molecular weight is 464 g/mol. The van der Waals surface area contributed by atoms with Gasteiger partial charge in [0.1, 0.15) is 23.8 Å². The first-order valence-corrected chi connectivity index (χ1v) is 10.7. The van der Waals surface area contributed by atoms with Gasteiger partial charge >= 0.3 is 5.97 Å². The van der Waals surface area contributed by atoms with Crippen LogP contribution in [0.2, 0.25) is 0 Å². The Labute approximate surface area is 196 Å². The van der Waals surface area contributed by atoms with Crippen molar-refractivity contribution in [3.63, 3.8) is 0 Å². The van der Waals surface area contributed by atoms with Crippen molar-refractivity contribution in [2.24, 2.45) is 0 Å². The van der Waals surface area contributed by atoms with Gasteiger partial charge in [-0.25, -0.2) is 4.79 Å². The standard InChI is InChI=1S/C25H24N2O7/c1-2-3-13-32-21-11-9-19(10-12-21)24(28)26-23(25(29)34-17-22-8-5-14-33-22)16-18-6-4-7-20(15-18)27(30)31/h4-12,14-16H,2-3,13,17H2,1H3,(H,26,28). The van der Waals surface area contributed by atoms with E-state index in [0.717, 1.165) is 12.8 Å². The van der Waals surface area contributed by atoms with E-state index in [2.05, 4.69) is 12.2 Å². The van der Waals surface area contributed by atoms with E-state index in [0.29, 0.717) is 29.2 Å². The summed E-state index contributed by atoms with van der Waals surface area (Å²) in [5.41, 5.74) is 0.313. The first-order chi connectivity index (χ1) is 16.5.